The van der Waals surface area contributed by atoms with Crippen molar-refractivity contribution in [2.75, 3.05) is 32.4 Å². The number of rotatable bonds is 7. The topological polar surface area (TPSA) is 49.4 Å². The molecular weight excluding hydrogens is 284 g/mol. The molecule has 1 fully saturated rings. The molecule has 1 N–H and O–H groups in total. The van der Waals surface area contributed by atoms with Gasteiger partial charge in [0.2, 0.25) is 0 Å². The molecule has 2 rings (SSSR count). The highest BCUT2D eigenvalue weighted by Gasteiger charge is 2.21. The molecule has 5 heteroatoms. The lowest BCUT2D eigenvalue weighted by Crippen LogP contribution is -2.26. The fourth-order valence-electron chi connectivity index (χ4n) is 2.81. The van der Waals surface area contributed by atoms with Crippen LogP contribution in [0.15, 0.2) is 29.2 Å². The second kappa shape index (κ2) is 7.38. The third kappa shape index (κ3) is 5.09. The Kier molecular flexibility index (Phi) is 5.79. The van der Waals surface area contributed by atoms with E-state index < -0.39 is 9.84 Å². The molecule has 0 bridgehead atoms. The van der Waals surface area contributed by atoms with E-state index in [0.29, 0.717) is 4.90 Å². The van der Waals surface area contributed by atoms with Gasteiger partial charge in [-0.3, -0.25) is 4.90 Å². The Labute approximate surface area is 128 Å². The monoisotopic (exact) mass is 310 g/mol. The first-order chi connectivity index (χ1) is 9.99. The molecule has 1 atom stereocenters. The maximum Gasteiger partial charge on any atom is 0.175 e. The van der Waals surface area contributed by atoms with Crippen LogP contribution in [0.5, 0.6) is 0 Å². The van der Waals surface area contributed by atoms with Gasteiger partial charge in [-0.2, -0.15) is 0 Å². The fraction of sp³-hybridized carbons (Fsp3) is 0.625. The summed E-state index contributed by atoms with van der Waals surface area (Å²) < 4.78 is 22.9. The first kappa shape index (κ1) is 16.5. The Morgan fingerprint density at radius 1 is 1.29 bits per heavy atom. The molecule has 4 nitrogen and oxygen atoms in total. The maximum atomic E-state index is 11.4. The summed E-state index contributed by atoms with van der Waals surface area (Å²) in [5.74, 6) is 0.742. The zero-order valence-electron chi connectivity index (χ0n) is 13.0. The number of likely N-dealkylation sites (tertiary alicyclic amines) is 1. The Balaban J connectivity index is 1.83. The first-order valence-electron chi connectivity index (χ1n) is 7.71. The van der Waals surface area contributed by atoms with E-state index in [-0.39, 0.29) is 0 Å². The smallest absolute Gasteiger partial charge is 0.175 e. The molecule has 1 aliphatic heterocycles. The molecule has 1 heterocycles. The highest BCUT2D eigenvalue weighted by molar-refractivity contribution is 7.90. The van der Waals surface area contributed by atoms with Crippen molar-refractivity contribution in [3.8, 4) is 0 Å². The van der Waals surface area contributed by atoms with Gasteiger partial charge in [-0.05, 0) is 56.1 Å². The molecule has 1 unspecified atom stereocenters. The normalized spacial score (nSPS) is 20.0. The fourth-order valence-corrected chi connectivity index (χ4v) is 3.44. The van der Waals surface area contributed by atoms with E-state index in [1.54, 1.807) is 12.1 Å². The average Bonchev–Trinajstić information content (AvgIpc) is 2.86. The maximum absolute atomic E-state index is 11.4. The van der Waals surface area contributed by atoms with E-state index >= 15 is 0 Å². The van der Waals surface area contributed by atoms with Crippen LogP contribution in [0.1, 0.15) is 25.3 Å². The summed E-state index contributed by atoms with van der Waals surface area (Å²) in [6.45, 7) is 7.57. The van der Waals surface area contributed by atoms with Crippen molar-refractivity contribution in [1.29, 1.82) is 0 Å². The number of nitrogens with one attached hydrogen (secondary N) is 1. The number of hydrogen-bond donors (Lipinski definition) is 1. The number of hydrogen-bond acceptors (Lipinski definition) is 4. The predicted molar refractivity (Wildman–Crippen MR) is 86.1 cm³/mol. The van der Waals surface area contributed by atoms with Crippen molar-refractivity contribution in [3.63, 3.8) is 0 Å². The first-order valence-corrected chi connectivity index (χ1v) is 9.60. The molecule has 21 heavy (non-hydrogen) atoms. The molecule has 0 aromatic heterocycles. The van der Waals surface area contributed by atoms with Crippen molar-refractivity contribution in [1.82, 2.24) is 10.2 Å². The molecule has 0 radical (unpaired) electrons. The number of nitrogens with zero attached hydrogens (tertiary/aromatic N) is 1. The van der Waals surface area contributed by atoms with Crippen LogP contribution >= 0.6 is 0 Å². The molecular formula is C16H26N2O2S. The van der Waals surface area contributed by atoms with E-state index in [2.05, 4.69) is 17.1 Å². The van der Waals surface area contributed by atoms with Gasteiger partial charge in [0.25, 0.3) is 0 Å². The van der Waals surface area contributed by atoms with E-state index in [9.17, 15) is 8.42 Å². The minimum Gasteiger partial charge on any atom is -0.316 e. The minimum absolute atomic E-state index is 0.398. The van der Waals surface area contributed by atoms with Crippen molar-refractivity contribution in [3.05, 3.63) is 29.8 Å². The lowest BCUT2D eigenvalue weighted by molar-refractivity contribution is 0.314. The van der Waals surface area contributed by atoms with Crippen molar-refractivity contribution in [2.45, 2.75) is 31.2 Å². The van der Waals surface area contributed by atoms with Crippen molar-refractivity contribution < 1.29 is 8.42 Å². The summed E-state index contributed by atoms with van der Waals surface area (Å²) in [5, 5.41) is 3.49. The van der Waals surface area contributed by atoms with E-state index in [1.165, 1.54) is 24.7 Å². The van der Waals surface area contributed by atoms with Gasteiger partial charge in [-0.25, -0.2) is 8.42 Å². The van der Waals surface area contributed by atoms with Crippen molar-refractivity contribution >= 4 is 9.84 Å². The molecule has 0 aliphatic carbocycles. The summed E-state index contributed by atoms with van der Waals surface area (Å²) in [7, 11) is -3.09. The van der Waals surface area contributed by atoms with Gasteiger partial charge in [0.05, 0.1) is 4.90 Å². The van der Waals surface area contributed by atoms with Crippen LogP contribution < -0.4 is 5.32 Å². The third-order valence-electron chi connectivity index (χ3n) is 3.99. The molecule has 1 aromatic carbocycles. The molecule has 1 aromatic rings. The van der Waals surface area contributed by atoms with Crippen LogP contribution in [0.25, 0.3) is 0 Å². The van der Waals surface area contributed by atoms with Gasteiger partial charge in [0.1, 0.15) is 0 Å². The quantitative estimate of drug-likeness (QED) is 0.782. The van der Waals surface area contributed by atoms with Gasteiger partial charge in [-0.15, -0.1) is 0 Å². The summed E-state index contributed by atoms with van der Waals surface area (Å²) >= 11 is 0. The predicted octanol–water partition coefficient (Wildman–Crippen LogP) is 1.91. The Morgan fingerprint density at radius 3 is 2.62 bits per heavy atom. The SMILES string of the molecule is CCCNCC1CCN(Cc2ccc(S(C)(=O)=O)cc2)C1. The molecule has 0 spiro atoms. The van der Waals surface area contributed by atoms with Gasteiger partial charge in [-0.1, -0.05) is 19.1 Å². The Bertz CT molecular complexity index is 540. The second-order valence-corrected chi connectivity index (χ2v) is 8.03. The number of sulfone groups is 1. The number of benzene rings is 1. The summed E-state index contributed by atoms with van der Waals surface area (Å²) in [4.78, 5) is 2.85. The van der Waals surface area contributed by atoms with Crippen LogP contribution in [0, 0.1) is 5.92 Å². The van der Waals surface area contributed by atoms with E-state index in [4.69, 9.17) is 0 Å². The average molecular weight is 310 g/mol. The molecule has 1 saturated heterocycles. The van der Waals surface area contributed by atoms with Crippen LogP contribution in [0.3, 0.4) is 0 Å². The van der Waals surface area contributed by atoms with Gasteiger partial charge in [0, 0.05) is 19.3 Å². The standard InChI is InChI=1S/C16H26N2O2S/c1-3-9-17-11-15-8-10-18(13-15)12-14-4-6-16(7-5-14)21(2,19)20/h4-7,15,17H,3,8-13H2,1-2H3. The molecule has 1 aliphatic rings. The summed E-state index contributed by atoms with van der Waals surface area (Å²) in [5.41, 5.74) is 1.18. The largest absolute Gasteiger partial charge is 0.316 e. The minimum atomic E-state index is -3.09. The summed E-state index contributed by atoms with van der Waals surface area (Å²) in [6, 6.07) is 7.28. The lowest BCUT2D eigenvalue weighted by atomic mass is 10.1. The highest BCUT2D eigenvalue weighted by atomic mass is 32.2. The third-order valence-corrected chi connectivity index (χ3v) is 5.12. The van der Waals surface area contributed by atoms with Crippen LogP contribution in [-0.2, 0) is 16.4 Å². The van der Waals surface area contributed by atoms with E-state index in [0.717, 1.165) is 38.6 Å². The Morgan fingerprint density at radius 2 is 2.00 bits per heavy atom. The second-order valence-electron chi connectivity index (χ2n) is 6.01. The molecule has 118 valence electrons. The van der Waals surface area contributed by atoms with E-state index in [1.807, 2.05) is 12.1 Å². The zero-order chi connectivity index (χ0) is 15.3. The molecule has 0 amide bonds. The van der Waals surface area contributed by atoms with Crippen LogP contribution in [0.2, 0.25) is 0 Å². The summed E-state index contributed by atoms with van der Waals surface area (Å²) in [6.07, 6.45) is 3.68. The van der Waals surface area contributed by atoms with Gasteiger partial charge >= 0.3 is 0 Å². The van der Waals surface area contributed by atoms with Gasteiger partial charge < -0.3 is 5.32 Å². The van der Waals surface area contributed by atoms with Crippen molar-refractivity contribution in [2.24, 2.45) is 5.92 Å². The lowest BCUT2D eigenvalue weighted by Gasteiger charge is -2.16. The van der Waals surface area contributed by atoms with Gasteiger partial charge in [0.15, 0.2) is 9.84 Å². The molecule has 0 saturated carbocycles. The van der Waals surface area contributed by atoms with Crippen LogP contribution in [-0.4, -0.2) is 45.8 Å². The highest BCUT2D eigenvalue weighted by Crippen LogP contribution is 2.19. The zero-order valence-corrected chi connectivity index (χ0v) is 13.8. The van der Waals surface area contributed by atoms with Crippen LogP contribution in [0.4, 0.5) is 0 Å². The Hall–Kier alpha value is -0.910.